The first kappa shape index (κ1) is 31.6. The minimum absolute atomic E-state index is 0.0546. The summed E-state index contributed by atoms with van der Waals surface area (Å²) in [5.41, 5.74) is 6.36. The van der Waals surface area contributed by atoms with E-state index in [-0.39, 0.29) is 22.5 Å². The third kappa shape index (κ3) is 6.66. The van der Waals surface area contributed by atoms with Crippen molar-refractivity contribution in [1.29, 1.82) is 0 Å². The van der Waals surface area contributed by atoms with E-state index in [4.69, 9.17) is 19.7 Å². The van der Waals surface area contributed by atoms with Gasteiger partial charge in [-0.2, -0.15) is 8.88 Å². The zero-order valence-electron chi connectivity index (χ0n) is 21.7. The Bertz CT molecular complexity index is 1580. The number of aldehydes is 1. The standard InChI is InChI=1S/C21H26N6O14P2/c22-18-13-19(24-8-23-18)27(9-25-13)21-17(32)15(30)12(40-21)7-38-43(35,36)41-42(33,34)37-6-11-14(29)16(31)20(39-11)26-3-1-2-10(4-26)5-28/h1-5,8-9,11-12,14-17,20-21,29-32H,6-7H2,(H3-,22,23,24,33,34,35,36)/p+1/t11-,12+,14+,15-,16+,17-,20+,21+/m0/s1. The molecule has 8 N–H and O–H groups in total. The molecule has 2 fully saturated rings. The van der Waals surface area contributed by atoms with Gasteiger partial charge in [-0.05, 0) is 6.07 Å². The molecule has 0 saturated carbocycles. The highest BCUT2D eigenvalue weighted by atomic mass is 31.3. The van der Waals surface area contributed by atoms with Crippen molar-refractivity contribution in [3.8, 4) is 0 Å². The van der Waals surface area contributed by atoms with Gasteiger partial charge in [0, 0.05) is 6.07 Å². The number of hydrogen-bond acceptors (Lipinski definition) is 16. The van der Waals surface area contributed by atoms with E-state index in [9.17, 15) is 44.1 Å². The van der Waals surface area contributed by atoms with Crippen LogP contribution in [-0.4, -0.2) is 106 Å². The number of imidazole rings is 1. The Morgan fingerprint density at radius 3 is 2.30 bits per heavy atom. The zero-order valence-corrected chi connectivity index (χ0v) is 23.5. The van der Waals surface area contributed by atoms with Gasteiger partial charge in [0.2, 0.25) is 0 Å². The largest absolute Gasteiger partial charge is 0.481 e. The maximum Gasteiger partial charge on any atom is 0.481 e. The number of hydrogen-bond donors (Lipinski definition) is 7. The molecule has 2 aliphatic heterocycles. The molecule has 0 radical (unpaired) electrons. The fraction of sp³-hybridized carbons (Fsp3) is 0.476. The van der Waals surface area contributed by atoms with Crippen LogP contribution in [-0.2, 0) is 32.0 Å². The molecule has 0 amide bonds. The van der Waals surface area contributed by atoms with E-state index in [0.29, 0.717) is 6.29 Å². The number of nitrogen functional groups attached to an aromatic ring is 1. The first-order valence-electron chi connectivity index (χ1n) is 12.4. The summed E-state index contributed by atoms with van der Waals surface area (Å²) in [4.78, 5) is 42.9. The Morgan fingerprint density at radius 1 is 0.977 bits per heavy atom. The number of pyridine rings is 1. The summed E-state index contributed by atoms with van der Waals surface area (Å²) in [5, 5.41) is 41.5. The number of fused-ring (bicyclic) bond motifs is 1. The van der Waals surface area contributed by atoms with Crippen molar-refractivity contribution in [3.63, 3.8) is 0 Å². The minimum Gasteiger partial charge on any atom is -0.387 e. The maximum atomic E-state index is 12.4. The van der Waals surface area contributed by atoms with Gasteiger partial charge in [-0.15, -0.1) is 0 Å². The lowest BCUT2D eigenvalue weighted by molar-refractivity contribution is -0.765. The molecule has 3 aromatic heterocycles. The molecule has 0 aliphatic carbocycles. The Labute approximate surface area is 241 Å². The zero-order chi connectivity index (χ0) is 31.1. The summed E-state index contributed by atoms with van der Waals surface area (Å²) < 4.78 is 52.0. The normalized spacial score (nSPS) is 32.0. The van der Waals surface area contributed by atoms with E-state index in [1.807, 2.05) is 0 Å². The third-order valence-electron chi connectivity index (χ3n) is 6.62. The SMILES string of the molecule is Nc1ncnc2c1ncn2[C@@H]1O[C@H](COP(=O)(O)OP(=O)(O)OC[C@@H]2O[C@@H]([n+]3cccc(C=O)c3)[C@H](O)[C@@H]2O)[C@H](O)[C@@H]1O. The van der Waals surface area contributed by atoms with Crippen LogP contribution >= 0.6 is 15.6 Å². The Hall–Kier alpha value is -2.81. The van der Waals surface area contributed by atoms with Crippen LogP contribution in [0.4, 0.5) is 5.82 Å². The van der Waals surface area contributed by atoms with Crippen LogP contribution in [0.1, 0.15) is 22.8 Å². The van der Waals surface area contributed by atoms with Crippen molar-refractivity contribution in [2.45, 2.75) is 49.1 Å². The molecule has 43 heavy (non-hydrogen) atoms. The van der Waals surface area contributed by atoms with Crippen LogP contribution in [0.25, 0.3) is 11.2 Å². The van der Waals surface area contributed by atoms with E-state index in [0.717, 1.165) is 6.33 Å². The fourth-order valence-electron chi connectivity index (χ4n) is 4.52. The summed E-state index contributed by atoms with van der Waals surface area (Å²) in [6.45, 7) is -1.76. The van der Waals surface area contributed by atoms with Gasteiger partial charge < -0.3 is 45.4 Å². The summed E-state index contributed by atoms with van der Waals surface area (Å²) in [6, 6.07) is 2.98. The summed E-state index contributed by atoms with van der Waals surface area (Å²) >= 11 is 0. The molecule has 10 atom stereocenters. The lowest BCUT2D eigenvalue weighted by Gasteiger charge is -2.20. The number of carbonyl (C=O) groups is 1. The van der Waals surface area contributed by atoms with Crippen molar-refractivity contribution in [3.05, 3.63) is 42.7 Å². The Kier molecular flexibility index (Phi) is 9.04. The number of nitrogens with two attached hydrogens (primary N) is 1. The number of rotatable bonds is 11. The van der Waals surface area contributed by atoms with Crippen LogP contribution in [0.2, 0.25) is 0 Å². The van der Waals surface area contributed by atoms with E-state index in [2.05, 4.69) is 23.8 Å². The number of aromatic nitrogens is 5. The number of ether oxygens (including phenoxy) is 2. The number of phosphoric ester groups is 2. The van der Waals surface area contributed by atoms with Gasteiger partial charge in [-0.25, -0.2) is 24.1 Å². The number of anilines is 1. The number of aliphatic hydroxyl groups is 4. The quantitative estimate of drug-likeness (QED) is 0.0652. The van der Waals surface area contributed by atoms with Crippen molar-refractivity contribution >= 4 is 38.9 Å². The molecule has 20 nitrogen and oxygen atoms in total. The molecule has 2 unspecified atom stereocenters. The van der Waals surface area contributed by atoms with Crippen molar-refractivity contribution in [1.82, 2.24) is 19.5 Å². The molecule has 3 aromatic rings. The molecule has 2 saturated heterocycles. The van der Waals surface area contributed by atoms with Gasteiger partial charge in [-0.3, -0.25) is 18.4 Å². The van der Waals surface area contributed by atoms with Gasteiger partial charge in [0.05, 0.1) is 25.1 Å². The molecule has 0 bridgehead atoms. The molecule has 5 rings (SSSR count). The average Bonchev–Trinajstić information content (AvgIpc) is 3.61. The minimum atomic E-state index is -5.35. The first-order chi connectivity index (χ1) is 20.3. The summed E-state index contributed by atoms with van der Waals surface area (Å²) in [7, 11) is -10.7. The smallest absolute Gasteiger partial charge is 0.387 e. The molecule has 234 valence electrons. The Balaban J connectivity index is 1.16. The van der Waals surface area contributed by atoms with Gasteiger partial charge in [-0.1, -0.05) is 0 Å². The first-order valence-corrected chi connectivity index (χ1v) is 15.4. The summed E-state index contributed by atoms with van der Waals surface area (Å²) in [5.74, 6) is 0.0546. The average molecular weight is 649 g/mol. The predicted octanol–water partition coefficient (Wildman–Crippen LogP) is -2.30. The summed E-state index contributed by atoms with van der Waals surface area (Å²) in [6.07, 6.45) is -5.95. The molecular formula is C21H27N6O14P2+. The third-order valence-corrected chi connectivity index (χ3v) is 9.22. The number of aliphatic hydroxyl groups excluding tert-OH is 4. The molecule has 0 spiro atoms. The number of carbonyl (C=O) groups excluding carboxylic acids is 1. The fourth-order valence-corrected chi connectivity index (χ4v) is 6.61. The second kappa shape index (κ2) is 12.3. The molecule has 2 aliphatic rings. The van der Waals surface area contributed by atoms with E-state index in [1.54, 1.807) is 0 Å². The van der Waals surface area contributed by atoms with Crippen molar-refractivity contribution in [2.24, 2.45) is 0 Å². The van der Waals surface area contributed by atoms with Crippen LogP contribution in [0.3, 0.4) is 0 Å². The lowest BCUT2D eigenvalue weighted by Crippen LogP contribution is -2.46. The van der Waals surface area contributed by atoms with Crippen molar-refractivity contribution in [2.75, 3.05) is 18.9 Å². The highest BCUT2D eigenvalue weighted by Crippen LogP contribution is 2.60. The van der Waals surface area contributed by atoms with Crippen LogP contribution in [0.5, 0.6) is 0 Å². The second-order valence-electron chi connectivity index (χ2n) is 9.49. The van der Waals surface area contributed by atoms with Crippen LogP contribution in [0, 0.1) is 0 Å². The Morgan fingerprint density at radius 2 is 1.63 bits per heavy atom. The van der Waals surface area contributed by atoms with E-state index in [1.165, 1.54) is 40.0 Å². The van der Waals surface area contributed by atoms with Gasteiger partial charge in [0.25, 0.3) is 6.23 Å². The van der Waals surface area contributed by atoms with Crippen LogP contribution < -0.4 is 10.3 Å². The van der Waals surface area contributed by atoms with Gasteiger partial charge in [0.15, 0.2) is 42.5 Å². The van der Waals surface area contributed by atoms with Gasteiger partial charge >= 0.3 is 15.6 Å². The van der Waals surface area contributed by atoms with E-state index < -0.39 is 77.9 Å². The highest BCUT2D eigenvalue weighted by molar-refractivity contribution is 7.61. The highest BCUT2D eigenvalue weighted by Gasteiger charge is 2.50. The predicted molar refractivity (Wildman–Crippen MR) is 136 cm³/mol. The van der Waals surface area contributed by atoms with E-state index >= 15 is 0 Å². The van der Waals surface area contributed by atoms with Crippen LogP contribution in [0.15, 0.2) is 37.2 Å². The topological polar surface area (TPSA) is 292 Å². The molecule has 0 aromatic carbocycles. The monoisotopic (exact) mass is 649 g/mol. The maximum absolute atomic E-state index is 12.4. The number of nitrogens with zero attached hydrogens (tertiary/aromatic N) is 5. The molecular weight excluding hydrogens is 622 g/mol. The van der Waals surface area contributed by atoms with Gasteiger partial charge in [0.1, 0.15) is 42.4 Å². The number of phosphoric acid groups is 2. The molecule has 5 heterocycles. The van der Waals surface area contributed by atoms with Crippen molar-refractivity contribution < 1.29 is 71.5 Å². The second-order valence-corrected chi connectivity index (χ2v) is 12.5. The lowest BCUT2D eigenvalue weighted by atomic mass is 10.1. The molecule has 22 heteroatoms.